The van der Waals surface area contributed by atoms with Crippen LogP contribution in [0.5, 0.6) is 0 Å². The number of halogens is 1. The van der Waals surface area contributed by atoms with Crippen LogP contribution in [0.4, 0.5) is 0 Å². The number of nitrogens with zero attached hydrogens (tertiary/aromatic N) is 4. The van der Waals surface area contributed by atoms with Gasteiger partial charge in [0.05, 0.1) is 25.5 Å². The van der Waals surface area contributed by atoms with Crippen LogP contribution in [-0.2, 0) is 17.4 Å². The van der Waals surface area contributed by atoms with Gasteiger partial charge in [-0.1, -0.05) is 0 Å². The van der Waals surface area contributed by atoms with Crippen molar-refractivity contribution >= 4 is 29.9 Å². The lowest BCUT2D eigenvalue weighted by Crippen LogP contribution is -2.51. The molecule has 3 atom stereocenters. The Morgan fingerprint density at radius 1 is 1.48 bits per heavy atom. The third-order valence-electron chi connectivity index (χ3n) is 5.17. The lowest BCUT2D eigenvalue weighted by molar-refractivity contribution is -0.0453. The average molecular weight is 492 g/mol. The molecule has 1 aromatic heterocycles. The van der Waals surface area contributed by atoms with E-state index in [-0.39, 0.29) is 36.6 Å². The Hall–Kier alpha value is -0.910. The number of guanidine groups is 1. The van der Waals surface area contributed by atoms with Crippen LogP contribution >= 0.6 is 24.0 Å². The Morgan fingerprint density at radius 2 is 2.30 bits per heavy atom. The lowest BCUT2D eigenvalue weighted by Gasteiger charge is -2.35. The first-order valence-electron chi connectivity index (χ1n) is 9.57. The molecule has 9 heteroatoms. The summed E-state index contributed by atoms with van der Waals surface area (Å²) in [6.45, 7) is 8.52. The third-order valence-corrected chi connectivity index (χ3v) is 5.17. The Labute approximate surface area is 178 Å². The second-order valence-corrected chi connectivity index (χ2v) is 7.50. The van der Waals surface area contributed by atoms with Crippen molar-refractivity contribution in [2.24, 2.45) is 12.0 Å². The first kappa shape index (κ1) is 22.4. The van der Waals surface area contributed by atoms with E-state index < -0.39 is 5.60 Å². The molecule has 154 valence electrons. The number of nitrogens with one attached hydrogen (secondary N) is 2. The number of hydrogen-bond donors (Lipinski definition) is 3. The summed E-state index contributed by atoms with van der Waals surface area (Å²) < 4.78 is 7.67. The number of rotatable bonds is 6. The molecule has 2 saturated heterocycles. The maximum atomic E-state index is 10.7. The standard InChI is InChI=1S/C18H32N6O2.HI/c1-4-19-17(21-13-18(2,25)14-8-22-23(3)10-14)20-9-16-11-24-7-5-6-15(24)12-26-16;/h8,10,15-16,25H,4-7,9,11-13H2,1-3H3,(H2,19,20,21);1H. The summed E-state index contributed by atoms with van der Waals surface area (Å²) in [7, 11) is 1.84. The number of aliphatic imine (C=N–C) groups is 1. The first-order valence-corrected chi connectivity index (χ1v) is 9.57. The molecule has 0 amide bonds. The van der Waals surface area contributed by atoms with Gasteiger partial charge in [0.2, 0.25) is 0 Å². The van der Waals surface area contributed by atoms with Crippen LogP contribution in [0.3, 0.4) is 0 Å². The van der Waals surface area contributed by atoms with Crippen LogP contribution in [0, 0.1) is 0 Å². The van der Waals surface area contributed by atoms with Gasteiger partial charge in [0.15, 0.2) is 5.96 Å². The fourth-order valence-corrected chi connectivity index (χ4v) is 3.59. The molecule has 3 N–H and O–H groups in total. The smallest absolute Gasteiger partial charge is 0.191 e. The predicted molar refractivity (Wildman–Crippen MR) is 117 cm³/mol. The van der Waals surface area contributed by atoms with E-state index in [1.165, 1.54) is 19.4 Å². The first-order chi connectivity index (χ1) is 12.5. The molecule has 1 aromatic rings. The van der Waals surface area contributed by atoms with Crippen LogP contribution < -0.4 is 10.6 Å². The summed E-state index contributed by atoms with van der Waals surface area (Å²) in [4.78, 5) is 7.09. The number of morpholine rings is 1. The molecule has 0 bridgehead atoms. The van der Waals surface area contributed by atoms with E-state index in [1.807, 2.05) is 20.2 Å². The fourth-order valence-electron chi connectivity index (χ4n) is 3.59. The monoisotopic (exact) mass is 492 g/mol. The van der Waals surface area contributed by atoms with E-state index in [9.17, 15) is 5.11 Å². The second-order valence-electron chi connectivity index (χ2n) is 7.50. The van der Waals surface area contributed by atoms with Gasteiger partial charge < -0.3 is 20.5 Å². The number of ether oxygens (including phenoxy) is 1. The molecule has 2 fully saturated rings. The summed E-state index contributed by atoms with van der Waals surface area (Å²) in [5, 5.41) is 21.4. The van der Waals surface area contributed by atoms with Gasteiger partial charge in [-0.2, -0.15) is 5.10 Å². The highest BCUT2D eigenvalue weighted by Gasteiger charge is 2.32. The van der Waals surface area contributed by atoms with Crippen LogP contribution in [0.1, 0.15) is 32.3 Å². The third kappa shape index (κ3) is 6.03. The van der Waals surface area contributed by atoms with E-state index in [2.05, 4.69) is 25.6 Å². The average Bonchev–Trinajstić information content (AvgIpc) is 3.26. The number of hydrogen-bond acceptors (Lipinski definition) is 5. The van der Waals surface area contributed by atoms with E-state index in [0.29, 0.717) is 18.5 Å². The van der Waals surface area contributed by atoms with Gasteiger partial charge in [0, 0.05) is 44.5 Å². The van der Waals surface area contributed by atoms with Gasteiger partial charge in [0.1, 0.15) is 5.60 Å². The summed E-state index contributed by atoms with van der Waals surface area (Å²) in [6, 6.07) is 0.614. The van der Waals surface area contributed by atoms with E-state index >= 15 is 0 Å². The summed E-state index contributed by atoms with van der Waals surface area (Å²) in [6.07, 6.45) is 6.21. The quantitative estimate of drug-likeness (QED) is 0.308. The summed E-state index contributed by atoms with van der Waals surface area (Å²) >= 11 is 0. The van der Waals surface area contributed by atoms with Crippen molar-refractivity contribution in [3.8, 4) is 0 Å². The minimum atomic E-state index is -1.05. The minimum absolute atomic E-state index is 0. The second kappa shape index (κ2) is 10.0. The molecule has 3 rings (SSSR count). The molecule has 2 aliphatic rings. The molecule has 8 nitrogen and oxygen atoms in total. The van der Waals surface area contributed by atoms with Gasteiger partial charge in [-0.15, -0.1) is 24.0 Å². The molecular weight excluding hydrogens is 459 g/mol. The van der Waals surface area contributed by atoms with E-state index in [4.69, 9.17) is 4.74 Å². The normalized spacial score (nSPS) is 25.4. The highest BCUT2D eigenvalue weighted by atomic mass is 127. The Morgan fingerprint density at radius 3 is 3.00 bits per heavy atom. The van der Waals surface area contributed by atoms with E-state index in [0.717, 1.165) is 25.3 Å². The van der Waals surface area contributed by atoms with Crippen molar-refractivity contribution in [2.45, 2.75) is 44.4 Å². The SMILES string of the molecule is CCNC(=NCC(C)(O)c1cnn(C)c1)NCC1CN2CCCC2CO1.I. The number of fused-ring (bicyclic) bond motifs is 1. The van der Waals surface area contributed by atoms with Gasteiger partial charge >= 0.3 is 0 Å². The van der Waals surface area contributed by atoms with Crippen molar-refractivity contribution in [3.63, 3.8) is 0 Å². The highest BCUT2D eigenvalue weighted by molar-refractivity contribution is 14.0. The molecule has 3 unspecified atom stereocenters. The van der Waals surface area contributed by atoms with Crippen LogP contribution in [0.2, 0.25) is 0 Å². The maximum Gasteiger partial charge on any atom is 0.191 e. The maximum absolute atomic E-state index is 10.7. The van der Waals surface area contributed by atoms with Crippen molar-refractivity contribution in [1.29, 1.82) is 0 Å². The predicted octanol–water partition coefficient (Wildman–Crippen LogP) is 0.664. The zero-order valence-corrected chi connectivity index (χ0v) is 18.8. The van der Waals surface area contributed by atoms with Crippen molar-refractivity contribution in [3.05, 3.63) is 18.0 Å². The summed E-state index contributed by atoms with van der Waals surface area (Å²) in [5.74, 6) is 0.698. The summed E-state index contributed by atoms with van der Waals surface area (Å²) in [5.41, 5.74) is -0.295. The van der Waals surface area contributed by atoms with Crippen LogP contribution in [0.15, 0.2) is 17.4 Å². The molecule has 0 aromatic carbocycles. The van der Waals surface area contributed by atoms with Gasteiger partial charge in [-0.3, -0.25) is 9.58 Å². The number of aliphatic hydroxyl groups is 1. The molecule has 0 saturated carbocycles. The van der Waals surface area contributed by atoms with Crippen LogP contribution in [0.25, 0.3) is 0 Å². The van der Waals surface area contributed by atoms with Crippen molar-refractivity contribution in [2.75, 3.05) is 39.3 Å². The lowest BCUT2D eigenvalue weighted by atomic mass is 10.0. The van der Waals surface area contributed by atoms with E-state index in [1.54, 1.807) is 17.8 Å². The molecule has 0 radical (unpaired) electrons. The topological polar surface area (TPSA) is 86.9 Å². The van der Waals surface area contributed by atoms with Crippen molar-refractivity contribution < 1.29 is 9.84 Å². The van der Waals surface area contributed by atoms with Crippen molar-refractivity contribution in [1.82, 2.24) is 25.3 Å². The van der Waals surface area contributed by atoms with Gasteiger partial charge in [-0.25, -0.2) is 4.99 Å². The van der Waals surface area contributed by atoms with Gasteiger partial charge in [-0.05, 0) is 33.2 Å². The molecule has 0 aliphatic carbocycles. The Bertz CT molecular complexity index is 621. The molecule has 2 aliphatic heterocycles. The molecule has 0 spiro atoms. The highest BCUT2D eigenvalue weighted by Crippen LogP contribution is 2.22. The molecular formula is C18H33IN6O2. The fraction of sp³-hybridized carbons (Fsp3) is 0.778. The minimum Gasteiger partial charge on any atom is -0.383 e. The Kier molecular flexibility index (Phi) is 8.32. The number of aromatic nitrogens is 2. The van der Waals surface area contributed by atoms with Gasteiger partial charge in [0.25, 0.3) is 0 Å². The zero-order valence-electron chi connectivity index (χ0n) is 16.5. The largest absolute Gasteiger partial charge is 0.383 e. The zero-order chi connectivity index (χ0) is 18.6. The Balaban J connectivity index is 0.00000261. The molecule has 27 heavy (non-hydrogen) atoms. The molecule has 3 heterocycles. The van der Waals surface area contributed by atoms with Crippen LogP contribution in [-0.4, -0.2) is 77.2 Å². The number of aryl methyl sites for hydroxylation is 1.